The average molecular weight is 1160 g/mol. The van der Waals surface area contributed by atoms with E-state index in [0.717, 1.165) is 38.4 Å². The maximum atomic E-state index is 13.1. The van der Waals surface area contributed by atoms with E-state index in [4.69, 9.17) is 9.47 Å². The lowest BCUT2D eigenvalue weighted by Gasteiger charge is -2.35. The van der Waals surface area contributed by atoms with E-state index in [9.17, 15) is 38.4 Å². The zero-order valence-electron chi connectivity index (χ0n) is 50.2. The number of hydrogen-bond donors (Lipinski definition) is 6. The lowest BCUT2D eigenvalue weighted by atomic mass is 10.0. The molecule has 85 heavy (non-hydrogen) atoms. The molecule has 2 fully saturated rings. The molecular weight excluding hydrogens is 1080 g/mol. The summed E-state index contributed by atoms with van der Waals surface area (Å²) in [5.74, 6) is -4.00. The van der Waals surface area contributed by atoms with Crippen LogP contribution in [-0.4, -0.2) is 117 Å². The van der Waals surface area contributed by atoms with Crippen molar-refractivity contribution in [2.24, 2.45) is 11.8 Å². The fourth-order valence-electron chi connectivity index (χ4n) is 9.63. The van der Waals surface area contributed by atoms with Gasteiger partial charge in [-0.25, -0.2) is 10.9 Å². The number of pyridine rings is 2. The Morgan fingerprint density at radius 1 is 0.776 bits per heavy atom. The van der Waals surface area contributed by atoms with Gasteiger partial charge < -0.3 is 30.7 Å². The largest absolute Gasteiger partial charge is 0.452 e. The number of nitrogens with one attached hydrogen (secondary N) is 6. The van der Waals surface area contributed by atoms with Gasteiger partial charge in [-0.2, -0.15) is 0 Å². The predicted octanol–water partition coefficient (Wildman–Crippen LogP) is 7.59. The highest BCUT2D eigenvalue weighted by molar-refractivity contribution is 5.93. The second kappa shape index (κ2) is 31.3. The van der Waals surface area contributed by atoms with Crippen LogP contribution in [0.2, 0.25) is 0 Å². The van der Waals surface area contributed by atoms with Gasteiger partial charge in [0.25, 0.3) is 23.6 Å². The molecule has 8 rings (SSSR count). The van der Waals surface area contributed by atoms with Crippen LogP contribution >= 0.6 is 0 Å². The summed E-state index contributed by atoms with van der Waals surface area (Å²) in [5, 5.41) is 18.0. The molecule has 452 valence electrons. The Hall–Kier alpha value is -8.62. The first-order valence-corrected chi connectivity index (χ1v) is 29.0. The molecule has 3 aliphatic heterocycles. The molecule has 0 radical (unpaired) electrons. The summed E-state index contributed by atoms with van der Waals surface area (Å²) in [7, 11) is 0. The minimum absolute atomic E-state index is 0.0145. The van der Waals surface area contributed by atoms with Crippen LogP contribution in [0.5, 0.6) is 0 Å². The minimum atomic E-state index is -1.05. The van der Waals surface area contributed by atoms with Crippen molar-refractivity contribution in [2.75, 3.05) is 13.1 Å². The molecule has 5 aromatic rings. The van der Waals surface area contributed by atoms with Crippen LogP contribution in [0, 0.1) is 18.8 Å². The number of aryl methyl sites for hydroxylation is 1. The number of benzene rings is 3. The van der Waals surface area contributed by atoms with Gasteiger partial charge in [0, 0.05) is 36.3 Å². The van der Waals surface area contributed by atoms with Crippen molar-refractivity contribution < 1.29 is 47.8 Å². The third-order valence-electron chi connectivity index (χ3n) is 14.5. The Labute approximate surface area is 498 Å². The molecule has 20 nitrogen and oxygen atoms in total. The number of hydrazine groups is 2. The Kier molecular flexibility index (Phi) is 24.2. The lowest BCUT2D eigenvalue weighted by molar-refractivity contribution is -0.159. The first kappa shape index (κ1) is 65.5. The van der Waals surface area contributed by atoms with Gasteiger partial charge in [-0.3, -0.25) is 58.3 Å². The van der Waals surface area contributed by atoms with E-state index in [1.54, 1.807) is 72.2 Å². The number of rotatable bonds is 12. The lowest BCUT2D eigenvalue weighted by Crippen LogP contribution is -2.61. The molecule has 8 atom stereocenters. The van der Waals surface area contributed by atoms with E-state index >= 15 is 0 Å². The van der Waals surface area contributed by atoms with Crippen LogP contribution in [0.4, 0.5) is 0 Å². The fourth-order valence-corrected chi connectivity index (χ4v) is 9.63. The topological polar surface area (TPSA) is 259 Å². The molecule has 6 N–H and O–H groups in total. The minimum Gasteiger partial charge on any atom is -0.452 e. The van der Waals surface area contributed by atoms with E-state index < -0.39 is 60.1 Å². The number of carbonyl (C=O) groups excluding carboxylic acids is 8. The Morgan fingerprint density at radius 2 is 1.46 bits per heavy atom. The third kappa shape index (κ3) is 18.9. The highest BCUT2D eigenvalue weighted by Gasteiger charge is 2.36. The smallest absolute Gasteiger partial charge is 0.310 e. The fraction of sp³-hybridized carbons (Fsp3) is 0.415. The molecule has 6 amide bonds. The summed E-state index contributed by atoms with van der Waals surface area (Å²) in [5.41, 5.74) is 10.7. The molecular formula is C65H82N10O10. The zero-order chi connectivity index (χ0) is 61.9. The molecule has 0 unspecified atom stereocenters. The van der Waals surface area contributed by atoms with Crippen LogP contribution in [0.3, 0.4) is 0 Å². The van der Waals surface area contributed by atoms with Crippen molar-refractivity contribution in [1.29, 1.82) is 0 Å². The summed E-state index contributed by atoms with van der Waals surface area (Å²) >= 11 is 0. The molecule has 2 saturated heterocycles. The quantitative estimate of drug-likeness (QED) is 0.0520. The maximum Gasteiger partial charge on any atom is 0.310 e. The molecule has 0 aliphatic carbocycles. The summed E-state index contributed by atoms with van der Waals surface area (Å²) in [6.45, 7) is 24.1. The third-order valence-corrected chi connectivity index (χ3v) is 14.5. The maximum absolute atomic E-state index is 13.1. The Morgan fingerprint density at radius 3 is 2.13 bits per heavy atom. The highest BCUT2D eigenvalue weighted by Crippen LogP contribution is 2.24. The van der Waals surface area contributed by atoms with Gasteiger partial charge in [-0.05, 0) is 130 Å². The number of nitrogens with zero attached hydrogens (tertiary/aromatic N) is 4. The van der Waals surface area contributed by atoms with Crippen molar-refractivity contribution >= 4 is 81.1 Å². The molecule has 0 saturated carbocycles. The number of fused-ring (bicyclic) bond motifs is 5. The van der Waals surface area contributed by atoms with Gasteiger partial charge in [-0.15, -0.1) is 6.58 Å². The second-order valence-electron chi connectivity index (χ2n) is 22.2. The van der Waals surface area contributed by atoms with Crippen molar-refractivity contribution in [2.45, 2.75) is 149 Å². The Bertz CT molecular complexity index is 3240. The summed E-state index contributed by atoms with van der Waals surface area (Å²) in [6, 6.07) is 22.5. The molecule has 0 spiro atoms. The summed E-state index contributed by atoms with van der Waals surface area (Å²) in [6.07, 6.45) is 10.3. The summed E-state index contributed by atoms with van der Waals surface area (Å²) in [4.78, 5) is 111. The highest BCUT2D eigenvalue weighted by atomic mass is 16.6. The standard InChI is InChI=1S/C30H39N5O5.C28H35N5O5.C7H8/c1-7-10-26(36)40-27(18(3)4)29(38)33-20(6)30(39)35-14-9-11-25(34-35)28(37)32-19(5)21-12-13-22-17-31-24(8-2)16-23(22)15-21;1-16(2)25-27(36)31-18(4)28(37)33-12-6-8-23(32-33)26(35)30-17(3)19-10-11-20-15-29-22(14-21(20)13-19)7-5-9-24(34)38-25;1-7-5-3-2-4-6-7/h7-8,12-13,15-20,25,27,34H,1-2,9-11,14H2,3-6H3,(H,32,37)(H,33,38);5,7,10-11,13-18,23,25,32H,6,8-9,12H2,1-4H3,(H,30,35)(H,31,36);2-6H,1H3/b;7-5+;/t19-,20+,25+,27+;17-,18+,23+,25+;/m11./s1. The second-order valence-corrected chi connectivity index (χ2v) is 22.2. The molecule has 20 heteroatoms. The number of amides is 6. The van der Waals surface area contributed by atoms with Gasteiger partial charge in [0.1, 0.15) is 24.2 Å². The van der Waals surface area contributed by atoms with Crippen LogP contribution in [-0.2, 0) is 47.8 Å². The van der Waals surface area contributed by atoms with Crippen LogP contribution in [0.1, 0.15) is 134 Å². The SMILES string of the molecule is C=CCC(=O)O[C@H](C(=O)N[C@@H](C)C(=O)N1CCC[C@@H](C(=O)N[C@H](C)c2ccc3cnc(C=C)cc3c2)N1)C(C)C.CC(C)[C@@H]1OC(=O)C/C=C/c2cc3cc(ccc3cn2)[C@@H](C)NC(=O)[C@@H]2CCCN(N2)C(=O)[C@H](C)NC1=O.Cc1ccccc1. The predicted molar refractivity (Wildman–Crippen MR) is 327 cm³/mol. The molecule has 3 aliphatic rings. The average Bonchev–Trinajstić information content (AvgIpc) is 3.53. The van der Waals surface area contributed by atoms with Crippen LogP contribution in [0.15, 0.2) is 117 Å². The van der Waals surface area contributed by atoms with E-state index in [2.05, 4.69) is 74.3 Å². The molecule has 2 aromatic heterocycles. The van der Waals surface area contributed by atoms with Gasteiger partial charge >= 0.3 is 11.9 Å². The molecule has 3 aromatic carbocycles. The number of carbonyl (C=O) groups is 8. The van der Waals surface area contributed by atoms with Crippen molar-refractivity contribution in [3.05, 3.63) is 145 Å². The van der Waals surface area contributed by atoms with E-state index in [-0.39, 0.29) is 60.4 Å². The molecule has 5 bridgehead atoms. The first-order valence-electron chi connectivity index (χ1n) is 29.0. The van der Waals surface area contributed by atoms with Crippen molar-refractivity contribution in [3.63, 3.8) is 0 Å². The van der Waals surface area contributed by atoms with Gasteiger partial charge in [-0.1, -0.05) is 107 Å². The van der Waals surface area contributed by atoms with Crippen LogP contribution in [0.25, 0.3) is 33.7 Å². The monoisotopic (exact) mass is 1160 g/mol. The van der Waals surface area contributed by atoms with Gasteiger partial charge in [0.15, 0.2) is 12.2 Å². The van der Waals surface area contributed by atoms with E-state index in [0.29, 0.717) is 44.5 Å². The number of esters is 2. The normalized spacial score (nSPS) is 20.8. The molecule has 5 heterocycles. The zero-order valence-corrected chi connectivity index (χ0v) is 50.2. The number of hydrogen-bond acceptors (Lipinski definition) is 14. The van der Waals surface area contributed by atoms with Crippen LogP contribution < -0.4 is 32.1 Å². The number of cyclic esters (lactones) is 1. The van der Waals surface area contributed by atoms with Crippen molar-refractivity contribution in [1.82, 2.24) is 52.1 Å². The Balaban J connectivity index is 0.000000244. The summed E-state index contributed by atoms with van der Waals surface area (Å²) < 4.78 is 10.8. The number of aromatic nitrogens is 2. The van der Waals surface area contributed by atoms with Gasteiger partial charge in [0.2, 0.25) is 11.8 Å². The van der Waals surface area contributed by atoms with Gasteiger partial charge in [0.05, 0.1) is 36.3 Å². The number of ether oxygens (including phenoxy) is 2. The van der Waals surface area contributed by atoms with E-state index in [1.807, 2.05) is 80.6 Å². The first-order chi connectivity index (χ1) is 40.5. The van der Waals surface area contributed by atoms with E-state index in [1.165, 1.54) is 21.7 Å². The van der Waals surface area contributed by atoms with Crippen molar-refractivity contribution in [3.8, 4) is 0 Å².